The molecule has 154 valence electrons. The van der Waals surface area contributed by atoms with Crippen LogP contribution in [0.3, 0.4) is 0 Å². The number of ether oxygens (including phenoxy) is 1. The third-order valence-electron chi connectivity index (χ3n) is 5.63. The summed E-state index contributed by atoms with van der Waals surface area (Å²) >= 11 is 1.55. The van der Waals surface area contributed by atoms with E-state index in [4.69, 9.17) is 10.5 Å². The van der Waals surface area contributed by atoms with Crippen LogP contribution >= 0.6 is 11.3 Å². The van der Waals surface area contributed by atoms with Gasteiger partial charge in [-0.15, -0.1) is 11.3 Å². The highest BCUT2D eigenvalue weighted by atomic mass is 32.1. The molecule has 0 bridgehead atoms. The average Bonchev–Trinajstić information content (AvgIpc) is 3.20. The number of thiophene rings is 1. The zero-order valence-electron chi connectivity index (χ0n) is 16.5. The Morgan fingerprint density at radius 2 is 1.86 bits per heavy atom. The van der Waals surface area contributed by atoms with Crippen molar-refractivity contribution in [2.24, 2.45) is 5.73 Å². The summed E-state index contributed by atoms with van der Waals surface area (Å²) in [5.41, 5.74) is 7.63. The molecule has 2 aromatic rings. The van der Waals surface area contributed by atoms with Crippen LogP contribution in [0, 0.1) is 0 Å². The van der Waals surface area contributed by atoms with Gasteiger partial charge in [-0.3, -0.25) is 9.59 Å². The van der Waals surface area contributed by atoms with Gasteiger partial charge in [-0.05, 0) is 30.9 Å². The Hall–Kier alpha value is -2.38. The maximum atomic E-state index is 13.4. The van der Waals surface area contributed by atoms with Gasteiger partial charge in [0.15, 0.2) is 0 Å². The van der Waals surface area contributed by atoms with Gasteiger partial charge in [0.2, 0.25) is 5.91 Å². The van der Waals surface area contributed by atoms with E-state index in [0.29, 0.717) is 19.8 Å². The predicted octanol–water partition coefficient (Wildman–Crippen LogP) is 3.12. The van der Waals surface area contributed by atoms with Crippen molar-refractivity contribution in [2.75, 3.05) is 37.7 Å². The molecule has 2 N–H and O–H groups in total. The van der Waals surface area contributed by atoms with Crippen LogP contribution < -0.4 is 10.6 Å². The molecule has 1 unspecified atom stereocenters. The van der Waals surface area contributed by atoms with Crippen LogP contribution in [0.1, 0.15) is 35.4 Å². The fourth-order valence-corrected chi connectivity index (χ4v) is 5.35. The fraction of sp³-hybridized carbons (Fsp3) is 0.455. The van der Waals surface area contributed by atoms with Gasteiger partial charge < -0.3 is 20.3 Å². The number of benzene rings is 1. The van der Waals surface area contributed by atoms with E-state index in [1.54, 1.807) is 11.3 Å². The SMILES string of the molecule is NC(=O)CC1CCCCN1C(=O)c1cc(-c2ccccc2)c(N2CCOCC2)s1. The van der Waals surface area contributed by atoms with Crippen molar-refractivity contribution in [3.05, 3.63) is 41.3 Å². The molecule has 4 rings (SSSR count). The number of rotatable bonds is 5. The van der Waals surface area contributed by atoms with Crippen LogP contribution in [0.5, 0.6) is 0 Å². The van der Waals surface area contributed by atoms with Crippen molar-refractivity contribution < 1.29 is 14.3 Å². The van der Waals surface area contributed by atoms with Crippen LogP contribution in [0.4, 0.5) is 5.00 Å². The standard InChI is InChI=1S/C22H27N3O3S/c23-20(26)14-17-8-4-5-9-25(17)21(27)19-15-18(16-6-2-1-3-7-16)22(29-19)24-10-12-28-13-11-24/h1-3,6-7,15,17H,4-5,8-14H2,(H2,23,26). The maximum absolute atomic E-state index is 13.4. The third kappa shape index (κ3) is 4.46. The highest BCUT2D eigenvalue weighted by Gasteiger charge is 2.31. The Kier molecular flexibility index (Phi) is 6.16. The van der Waals surface area contributed by atoms with Gasteiger partial charge in [0.1, 0.15) is 0 Å². The number of piperidine rings is 1. The first kappa shape index (κ1) is 19.9. The number of primary amides is 1. The number of morpholine rings is 1. The molecule has 2 fully saturated rings. The molecule has 2 amide bonds. The molecule has 2 aliphatic heterocycles. The van der Waals surface area contributed by atoms with Crippen LogP contribution in [0.2, 0.25) is 0 Å². The van der Waals surface area contributed by atoms with E-state index in [2.05, 4.69) is 17.0 Å². The first-order chi connectivity index (χ1) is 14.1. The Morgan fingerprint density at radius 1 is 1.10 bits per heavy atom. The highest BCUT2D eigenvalue weighted by molar-refractivity contribution is 7.18. The molecule has 1 aromatic carbocycles. The molecule has 6 nitrogen and oxygen atoms in total. The number of carbonyl (C=O) groups excluding carboxylic acids is 2. The predicted molar refractivity (Wildman–Crippen MR) is 115 cm³/mol. The second-order valence-corrected chi connectivity index (χ2v) is 8.64. The number of hydrogen-bond acceptors (Lipinski definition) is 5. The summed E-state index contributed by atoms with van der Waals surface area (Å²) in [5.74, 6) is -0.336. The monoisotopic (exact) mass is 413 g/mol. The van der Waals surface area contributed by atoms with E-state index < -0.39 is 0 Å². The zero-order valence-corrected chi connectivity index (χ0v) is 17.3. The average molecular weight is 414 g/mol. The van der Waals surface area contributed by atoms with Crippen LogP contribution in [0.25, 0.3) is 11.1 Å². The quantitative estimate of drug-likeness (QED) is 0.817. The van der Waals surface area contributed by atoms with Gasteiger partial charge in [0.25, 0.3) is 5.91 Å². The summed E-state index contributed by atoms with van der Waals surface area (Å²) in [4.78, 5) is 29.8. The second kappa shape index (κ2) is 8.97. The van der Waals surface area contributed by atoms with Gasteiger partial charge in [-0.25, -0.2) is 0 Å². The van der Waals surface area contributed by atoms with E-state index in [1.165, 1.54) is 0 Å². The first-order valence-electron chi connectivity index (χ1n) is 10.2. The van der Waals surface area contributed by atoms with E-state index in [9.17, 15) is 9.59 Å². The maximum Gasteiger partial charge on any atom is 0.264 e. The Morgan fingerprint density at radius 3 is 2.59 bits per heavy atom. The summed E-state index contributed by atoms with van der Waals surface area (Å²) in [5, 5.41) is 1.12. The number of carbonyl (C=O) groups is 2. The molecule has 0 saturated carbocycles. The van der Waals surface area contributed by atoms with Gasteiger partial charge in [-0.1, -0.05) is 30.3 Å². The third-order valence-corrected chi connectivity index (χ3v) is 6.82. The largest absolute Gasteiger partial charge is 0.378 e. The molecule has 0 spiro atoms. The Balaban J connectivity index is 1.67. The van der Waals surface area contributed by atoms with Crippen LogP contribution in [-0.2, 0) is 9.53 Å². The molecule has 29 heavy (non-hydrogen) atoms. The number of anilines is 1. The molecule has 2 aliphatic rings. The van der Waals surface area contributed by atoms with Gasteiger partial charge in [0.05, 0.1) is 23.1 Å². The van der Waals surface area contributed by atoms with Crippen molar-refractivity contribution in [3.8, 4) is 11.1 Å². The summed E-state index contributed by atoms with van der Waals surface area (Å²) in [6, 6.07) is 12.1. The molecule has 3 heterocycles. The lowest BCUT2D eigenvalue weighted by atomic mass is 9.98. The topological polar surface area (TPSA) is 75.9 Å². The van der Waals surface area contributed by atoms with Gasteiger partial charge in [-0.2, -0.15) is 0 Å². The number of nitrogens with zero attached hydrogens (tertiary/aromatic N) is 2. The molecule has 0 aliphatic carbocycles. The Labute approximate surface area is 175 Å². The summed E-state index contributed by atoms with van der Waals surface area (Å²) < 4.78 is 5.51. The molecule has 0 radical (unpaired) electrons. The Bertz CT molecular complexity index is 861. The van der Waals surface area contributed by atoms with Crippen LogP contribution in [-0.4, -0.2) is 55.6 Å². The summed E-state index contributed by atoms with van der Waals surface area (Å²) in [6.07, 6.45) is 3.07. The van der Waals surface area contributed by atoms with Gasteiger partial charge >= 0.3 is 0 Å². The molecular weight excluding hydrogens is 386 g/mol. The van der Waals surface area contributed by atoms with Crippen LogP contribution in [0.15, 0.2) is 36.4 Å². The van der Waals surface area contributed by atoms with E-state index in [0.717, 1.165) is 53.4 Å². The van der Waals surface area contributed by atoms with Gasteiger partial charge in [0, 0.05) is 37.7 Å². The lowest BCUT2D eigenvalue weighted by Crippen LogP contribution is -2.45. The molecule has 1 atom stereocenters. The second-order valence-electron chi connectivity index (χ2n) is 7.61. The van der Waals surface area contributed by atoms with Crippen molar-refractivity contribution in [1.82, 2.24) is 4.90 Å². The lowest BCUT2D eigenvalue weighted by molar-refractivity contribution is -0.119. The minimum absolute atomic E-state index is 0.0117. The number of hydrogen-bond donors (Lipinski definition) is 1. The fourth-order valence-electron chi connectivity index (χ4n) is 4.17. The van der Waals surface area contributed by atoms with Crippen molar-refractivity contribution >= 4 is 28.2 Å². The minimum atomic E-state index is -0.347. The summed E-state index contributed by atoms with van der Waals surface area (Å²) in [6.45, 7) is 3.72. The zero-order chi connectivity index (χ0) is 20.2. The van der Waals surface area contributed by atoms with E-state index in [1.807, 2.05) is 29.2 Å². The minimum Gasteiger partial charge on any atom is -0.378 e. The molecular formula is C22H27N3O3S. The first-order valence-corrected chi connectivity index (χ1v) is 11.1. The molecule has 1 aromatic heterocycles. The van der Waals surface area contributed by atoms with Crippen molar-refractivity contribution in [2.45, 2.75) is 31.7 Å². The number of amides is 2. The normalized spacial score (nSPS) is 19.9. The molecule has 7 heteroatoms. The van der Waals surface area contributed by atoms with Crippen molar-refractivity contribution in [1.29, 1.82) is 0 Å². The van der Waals surface area contributed by atoms with E-state index >= 15 is 0 Å². The number of nitrogens with two attached hydrogens (primary N) is 1. The molecule has 2 saturated heterocycles. The van der Waals surface area contributed by atoms with E-state index in [-0.39, 0.29) is 24.3 Å². The number of likely N-dealkylation sites (tertiary alicyclic amines) is 1. The smallest absolute Gasteiger partial charge is 0.264 e. The lowest BCUT2D eigenvalue weighted by Gasteiger charge is -2.35. The van der Waals surface area contributed by atoms with Crippen molar-refractivity contribution in [3.63, 3.8) is 0 Å². The highest BCUT2D eigenvalue weighted by Crippen LogP contribution is 2.40. The summed E-state index contributed by atoms with van der Waals surface area (Å²) in [7, 11) is 0.